The summed E-state index contributed by atoms with van der Waals surface area (Å²) in [4.78, 5) is 22.2. The number of benzene rings is 1. The highest BCUT2D eigenvalue weighted by Crippen LogP contribution is 2.32. The molecule has 0 bridgehead atoms. The van der Waals surface area contributed by atoms with Gasteiger partial charge in [-0.2, -0.15) is 0 Å². The number of rotatable bonds is 3. The predicted octanol–water partition coefficient (Wildman–Crippen LogP) is 4.16. The number of aryl methyl sites for hydroxylation is 3. The van der Waals surface area contributed by atoms with Gasteiger partial charge in [-0.1, -0.05) is 23.4 Å². The van der Waals surface area contributed by atoms with Gasteiger partial charge >= 0.3 is 5.69 Å². The summed E-state index contributed by atoms with van der Waals surface area (Å²) in [5.41, 5.74) is 6.02. The molecule has 150 valence electrons. The largest absolute Gasteiger partial charge is 0.361 e. The molecule has 5 aromatic rings. The van der Waals surface area contributed by atoms with Crippen molar-refractivity contribution in [3.63, 3.8) is 0 Å². The van der Waals surface area contributed by atoms with Crippen LogP contribution in [0, 0.1) is 13.8 Å². The second-order valence-corrected chi connectivity index (χ2v) is 7.57. The van der Waals surface area contributed by atoms with Gasteiger partial charge in [0.05, 0.1) is 40.2 Å². The molecule has 5 rings (SSSR count). The van der Waals surface area contributed by atoms with E-state index in [2.05, 4.69) is 15.1 Å². The molecule has 30 heavy (non-hydrogen) atoms. The molecule has 0 aliphatic carbocycles. The fourth-order valence-electron chi connectivity index (χ4n) is 4.19. The average Bonchev–Trinajstić information content (AvgIpc) is 3.23. The Morgan fingerprint density at radius 1 is 1.10 bits per heavy atom. The number of fused-ring (bicyclic) bond motifs is 3. The van der Waals surface area contributed by atoms with E-state index in [0.717, 1.165) is 50.2 Å². The van der Waals surface area contributed by atoms with E-state index in [4.69, 9.17) is 4.52 Å². The van der Waals surface area contributed by atoms with Gasteiger partial charge in [-0.25, -0.2) is 4.79 Å². The minimum Gasteiger partial charge on any atom is -0.361 e. The van der Waals surface area contributed by atoms with Crippen LogP contribution in [0.25, 0.3) is 33.1 Å². The highest BCUT2D eigenvalue weighted by molar-refractivity contribution is 6.03. The van der Waals surface area contributed by atoms with E-state index in [1.807, 2.05) is 57.2 Å². The lowest BCUT2D eigenvalue weighted by atomic mass is 10.0. The first-order valence-electron chi connectivity index (χ1n) is 9.81. The van der Waals surface area contributed by atoms with Crippen molar-refractivity contribution in [3.8, 4) is 11.1 Å². The SMILES string of the molecule is Cc1noc(C)c1-c1ccc2c(c1)ncc1c2n([C@H](C)c2ccccn2)c(=O)n1C. The molecule has 7 heteroatoms. The monoisotopic (exact) mass is 399 g/mol. The lowest BCUT2D eigenvalue weighted by Crippen LogP contribution is -2.25. The van der Waals surface area contributed by atoms with Gasteiger partial charge in [-0.05, 0) is 44.5 Å². The van der Waals surface area contributed by atoms with Crippen molar-refractivity contribution in [2.24, 2.45) is 7.05 Å². The Labute approximate surface area is 172 Å². The molecule has 0 aliphatic heterocycles. The molecule has 0 saturated carbocycles. The summed E-state index contributed by atoms with van der Waals surface area (Å²) >= 11 is 0. The Hall–Kier alpha value is -3.74. The molecule has 0 N–H and O–H groups in total. The van der Waals surface area contributed by atoms with Crippen LogP contribution in [0.2, 0.25) is 0 Å². The fourth-order valence-corrected chi connectivity index (χ4v) is 4.19. The molecule has 0 spiro atoms. The molecule has 1 aromatic carbocycles. The Kier molecular flexibility index (Phi) is 4.06. The van der Waals surface area contributed by atoms with Crippen LogP contribution >= 0.6 is 0 Å². The molecule has 1 atom stereocenters. The van der Waals surface area contributed by atoms with Crippen molar-refractivity contribution in [1.29, 1.82) is 0 Å². The van der Waals surface area contributed by atoms with Crippen LogP contribution in [0.3, 0.4) is 0 Å². The quantitative estimate of drug-likeness (QED) is 0.455. The van der Waals surface area contributed by atoms with E-state index >= 15 is 0 Å². The van der Waals surface area contributed by atoms with Gasteiger partial charge in [0.1, 0.15) is 5.76 Å². The summed E-state index contributed by atoms with van der Waals surface area (Å²) in [5, 5.41) is 4.98. The molecule has 0 unspecified atom stereocenters. The van der Waals surface area contributed by atoms with Crippen molar-refractivity contribution >= 4 is 21.9 Å². The highest BCUT2D eigenvalue weighted by atomic mass is 16.5. The number of hydrogen-bond acceptors (Lipinski definition) is 5. The van der Waals surface area contributed by atoms with Crippen LogP contribution < -0.4 is 5.69 Å². The van der Waals surface area contributed by atoms with Crippen LogP contribution in [-0.2, 0) is 7.05 Å². The van der Waals surface area contributed by atoms with Crippen LogP contribution in [0.15, 0.2) is 58.1 Å². The zero-order valence-electron chi connectivity index (χ0n) is 17.2. The van der Waals surface area contributed by atoms with E-state index in [-0.39, 0.29) is 11.7 Å². The molecule has 7 nitrogen and oxygen atoms in total. The van der Waals surface area contributed by atoms with Gasteiger partial charge in [-0.15, -0.1) is 0 Å². The van der Waals surface area contributed by atoms with E-state index in [0.29, 0.717) is 0 Å². The Morgan fingerprint density at radius 2 is 1.93 bits per heavy atom. The molecule has 0 saturated heterocycles. The van der Waals surface area contributed by atoms with E-state index in [9.17, 15) is 4.79 Å². The van der Waals surface area contributed by atoms with Crippen LogP contribution in [-0.4, -0.2) is 24.3 Å². The Bertz CT molecular complexity index is 1440. The zero-order chi connectivity index (χ0) is 21.0. The summed E-state index contributed by atoms with van der Waals surface area (Å²) in [5.74, 6) is 0.772. The molecule has 0 aliphatic rings. The van der Waals surface area contributed by atoms with Gasteiger partial charge in [0.25, 0.3) is 0 Å². The Morgan fingerprint density at radius 3 is 2.63 bits per heavy atom. The first-order valence-corrected chi connectivity index (χ1v) is 9.81. The first-order chi connectivity index (χ1) is 14.5. The smallest absolute Gasteiger partial charge is 0.329 e. The van der Waals surface area contributed by atoms with Crippen LogP contribution in [0.4, 0.5) is 0 Å². The van der Waals surface area contributed by atoms with Gasteiger partial charge in [0.2, 0.25) is 0 Å². The number of imidazole rings is 1. The van der Waals surface area contributed by atoms with Crippen LogP contribution in [0.1, 0.15) is 30.1 Å². The summed E-state index contributed by atoms with van der Waals surface area (Å²) in [7, 11) is 1.78. The summed E-state index contributed by atoms with van der Waals surface area (Å²) in [6.07, 6.45) is 3.51. The van der Waals surface area contributed by atoms with Crippen molar-refractivity contribution in [3.05, 3.63) is 76.4 Å². The van der Waals surface area contributed by atoms with E-state index in [1.54, 1.807) is 28.6 Å². The molecule has 0 radical (unpaired) electrons. The third-order valence-electron chi connectivity index (χ3n) is 5.74. The van der Waals surface area contributed by atoms with Crippen molar-refractivity contribution in [2.45, 2.75) is 26.8 Å². The highest BCUT2D eigenvalue weighted by Gasteiger charge is 2.21. The van der Waals surface area contributed by atoms with E-state index < -0.39 is 0 Å². The summed E-state index contributed by atoms with van der Waals surface area (Å²) < 4.78 is 8.77. The number of nitrogens with zero attached hydrogens (tertiary/aromatic N) is 5. The molecule has 4 aromatic heterocycles. The molecular formula is C23H21N5O2. The fraction of sp³-hybridized carbons (Fsp3) is 0.217. The molecule has 0 amide bonds. The second kappa shape index (κ2) is 6.66. The zero-order valence-corrected chi connectivity index (χ0v) is 17.2. The molecule has 0 fully saturated rings. The van der Waals surface area contributed by atoms with Crippen molar-refractivity contribution in [2.75, 3.05) is 0 Å². The summed E-state index contributed by atoms with van der Waals surface area (Å²) in [6, 6.07) is 11.6. The maximum absolute atomic E-state index is 13.1. The minimum absolute atomic E-state index is 0.0905. The van der Waals surface area contributed by atoms with Crippen molar-refractivity contribution in [1.82, 2.24) is 24.3 Å². The Balaban J connectivity index is 1.79. The normalized spacial score (nSPS) is 12.7. The van der Waals surface area contributed by atoms with Gasteiger partial charge in [0.15, 0.2) is 0 Å². The maximum Gasteiger partial charge on any atom is 0.329 e. The van der Waals surface area contributed by atoms with Gasteiger partial charge in [0, 0.05) is 24.2 Å². The maximum atomic E-state index is 13.1. The molecular weight excluding hydrogens is 378 g/mol. The lowest BCUT2D eigenvalue weighted by Gasteiger charge is -2.14. The average molecular weight is 399 g/mol. The molecule has 4 heterocycles. The second-order valence-electron chi connectivity index (χ2n) is 7.57. The topological polar surface area (TPSA) is 78.7 Å². The lowest BCUT2D eigenvalue weighted by molar-refractivity contribution is 0.393. The summed E-state index contributed by atoms with van der Waals surface area (Å²) in [6.45, 7) is 5.82. The van der Waals surface area contributed by atoms with Gasteiger partial charge < -0.3 is 4.52 Å². The number of pyridine rings is 2. The standard InChI is InChI=1S/C23H21N5O2/c1-13-21(15(3)30-26-13)16-8-9-17-19(11-16)25-12-20-22(17)28(23(29)27(20)4)14(2)18-7-5-6-10-24-18/h5-12,14H,1-4H3/t14-/m1/s1. The predicted molar refractivity (Wildman–Crippen MR) is 116 cm³/mol. The third-order valence-corrected chi connectivity index (χ3v) is 5.74. The number of aromatic nitrogens is 5. The minimum atomic E-state index is -0.213. The van der Waals surface area contributed by atoms with Gasteiger partial charge in [-0.3, -0.25) is 19.1 Å². The third kappa shape index (κ3) is 2.58. The van der Waals surface area contributed by atoms with Crippen LogP contribution in [0.5, 0.6) is 0 Å². The van der Waals surface area contributed by atoms with E-state index in [1.165, 1.54) is 0 Å². The number of hydrogen-bond donors (Lipinski definition) is 0. The first kappa shape index (κ1) is 18.3. The van der Waals surface area contributed by atoms with Crippen molar-refractivity contribution < 1.29 is 4.52 Å².